The van der Waals surface area contributed by atoms with E-state index < -0.39 is 0 Å². The minimum absolute atomic E-state index is 0.0853. The van der Waals surface area contributed by atoms with Crippen molar-refractivity contribution in [3.8, 4) is 11.5 Å². The van der Waals surface area contributed by atoms with Crippen molar-refractivity contribution in [3.05, 3.63) is 24.3 Å². The van der Waals surface area contributed by atoms with Crippen molar-refractivity contribution < 1.29 is 19.4 Å². The minimum Gasteiger partial charge on any atom is -0.493 e. The number of amides is 1. The molecule has 1 aromatic rings. The Kier molecular flexibility index (Phi) is 6.15. The maximum absolute atomic E-state index is 11.7. The fourth-order valence-electron chi connectivity index (χ4n) is 1.55. The Hall–Kier alpha value is -1.75. The summed E-state index contributed by atoms with van der Waals surface area (Å²) in [6, 6.07) is 6.87. The maximum atomic E-state index is 11.7. The Bertz CT molecular complexity index is 406. The summed E-state index contributed by atoms with van der Waals surface area (Å²) in [5, 5.41) is 11.9. The second-order valence-electron chi connectivity index (χ2n) is 4.54. The Labute approximate surface area is 113 Å². The van der Waals surface area contributed by atoms with Gasteiger partial charge in [0.1, 0.15) is 0 Å². The predicted octanol–water partition coefficient (Wildman–Crippen LogP) is 1.21. The lowest BCUT2D eigenvalue weighted by Gasteiger charge is -2.20. The molecule has 5 nitrogen and oxygen atoms in total. The molecule has 0 unspecified atom stereocenters. The lowest BCUT2D eigenvalue weighted by Crippen LogP contribution is -2.43. The minimum atomic E-state index is -0.265. The van der Waals surface area contributed by atoms with Crippen LogP contribution in [0.15, 0.2) is 24.3 Å². The van der Waals surface area contributed by atoms with Gasteiger partial charge in [0.25, 0.3) is 5.91 Å². The Morgan fingerprint density at radius 3 is 2.47 bits per heavy atom. The SMILES string of the molecule is COc1ccccc1OCC(=O)N[C@H](CO)C(C)C. The van der Waals surface area contributed by atoms with Crippen LogP contribution < -0.4 is 14.8 Å². The molecular weight excluding hydrogens is 246 g/mol. The molecule has 0 saturated carbocycles. The quantitative estimate of drug-likeness (QED) is 0.779. The van der Waals surface area contributed by atoms with E-state index in [1.54, 1.807) is 25.3 Å². The highest BCUT2D eigenvalue weighted by atomic mass is 16.5. The van der Waals surface area contributed by atoms with Gasteiger partial charge in [-0.1, -0.05) is 26.0 Å². The molecule has 0 spiro atoms. The summed E-state index contributed by atoms with van der Waals surface area (Å²) in [4.78, 5) is 11.7. The van der Waals surface area contributed by atoms with Crippen molar-refractivity contribution in [2.45, 2.75) is 19.9 Å². The van der Waals surface area contributed by atoms with Crippen LogP contribution in [0.3, 0.4) is 0 Å². The first kappa shape index (κ1) is 15.3. The van der Waals surface area contributed by atoms with E-state index >= 15 is 0 Å². The number of hydrogen-bond acceptors (Lipinski definition) is 4. The van der Waals surface area contributed by atoms with E-state index in [0.717, 1.165) is 0 Å². The van der Waals surface area contributed by atoms with Gasteiger partial charge in [0.15, 0.2) is 18.1 Å². The van der Waals surface area contributed by atoms with E-state index in [2.05, 4.69) is 5.32 Å². The highest BCUT2D eigenvalue weighted by Crippen LogP contribution is 2.25. The van der Waals surface area contributed by atoms with Crippen molar-refractivity contribution >= 4 is 5.91 Å². The molecule has 1 atom stereocenters. The zero-order valence-corrected chi connectivity index (χ0v) is 11.6. The van der Waals surface area contributed by atoms with Gasteiger partial charge in [-0.2, -0.15) is 0 Å². The van der Waals surface area contributed by atoms with Crippen molar-refractivity contribution in [1.82, 2.24) is 5.32 Å². The number of aliphatic hydroxyl groups excluding tert-OH is 1. The van der Waals surface area contributed by atoms with Crippen LogP contribution in [0.2, 0.25) is 0 Å². The summed E-state index contributed by atoms with van der Waals surface area (Å²) in [5.41, 5.74) is 0. The van der Waals surface area contributed by atoms with Gasteiger partial charge < -0.3 is 19.9 Å². The standard InChI is InChI=1S/C14H21NO4/c1-10(2)11(8-16)15-14(17)9-19-13-7-5-4-6-12(13)18-3/h4-7,10-11,16H,8-9H2,1-3H3,(H,15,17)/t11-/m1/s1. The fraction of sp³-hybridized carbons (Fsp3) is 0.500. The summed E-state index contributed by atoms with van der Waals surface area (Å²) < 4.78 is 10.5. The number of benzene rings is 1. The average Bonchev–Trinajstić information content (AvgIpc) is 2.42. The second-order valence-corrected chi connectivity index (χ2v) is 4.54. The fourth-order valence-corrected chi connectivity index (χ4v) is 1.55. The Balaban J connectivity index is 2.50. The van der Waals surface area contributed by atoms with E-state index in [9.17, 15) is 4.79 Å². The Morgan fingerprint density at radius 2 is 1.95 bits per heavy atom. The van der Waals surface area contributed by atoms with Crippen LogP contribution in [0, 0.1) is 5.92 Å². The number of ether oxygens (including phenoxy) is 2. The molecule has 0 heterocycles. The second kappa shape index (κ2) is 7.63. The van der Waals surface area contributed by atoms with Gasteiger partial charge in [0.2, 0.25) is 0 Å². The first-order chi connectivity index (χ1) is 9.08. The number of para-hydroxylation sites is 2. The lowest BCUT2D eigenvalue weighted by molar-refractivity contribution is -0.124. The van der Waals surface area contributed by atoms with Gasteiger partial charge in [0, 0.05) is 0 Å². The maximum Gasteiger partial charge on any atom is 0.258 e. The highest BCUT2D eigenvalue weighted by Gasteiger charge is 2.15. The van der Waals surface area contributed by atoms with Gasteiger partial charge in [-0.3, -0.25) is 4.79 Å². The summed E-state index contributed by atoms with van der Waals surface area (Å²) in [6.07, 6.45) is 0. The monoisotopic (exact) mass is 267 g/mol. The molecule has 2 N–H and O–H groups in total. The van der Waals surface area contributed by atoms with Crippen molar-refractivity contribution in [2.75, 3.05) is 20.3 Å². The molecule has 0 aromatic heterocycles. The molecule has 5 heteroatoms. The molecule has 0 aliphatic carbocycles. The van der Waals surface area contributed by atoms with Crippen molar-refractivity contribution in [1.29, 1.82) is 0 Å². The predicted molar refractivity (Wildman–Crippen MR) is 72.3 cm³/mol. The number of hydrogen-bond donors (Lipinski definition) is 2. The Morgan fingerprint density at radius 1 is 1.32 bits per heavy atom. The third-order valence-corrected chi connectivity index (χ3v) is 2.78. The molecule has 0 bridgehead atoms. The number of carbonyl (C=O) groups is 1. The number of carbonyl (C=O) groups excluding carboxylic acids is 1. The highest BCUT2D eigenvalue weighted by molar-refractivity contribution is 5.78. The topological polar surface area (TPSA) is 67.8 Å². The van der Waals surface area contributed by atoms with E-state index in [1.165, 1.54) is 0 Å². The molecule has 0 fully saturated rings. The molecule has 0 aliphatic rings. The summed E-state index contributed by atoms with van der Waals surface area (Å²) in [5.74, 6) is 1.00. The zero-order valence-electron chi connectivity index (χ0n) is 11.6. The van der Waals surface area contributed by atoms with E-state index in [1.807, 2.05) is 19.9 Å². The van der Waals surface area contributed by atoms with Crippen LogP contribution in [0.25, 0.3) is 0 Å². The van der Waals surface area contributed by atoms with E-state index in [0.29, 0.717) is 11.5 Å². The van der Waals surface area contributed by atoms with Crippen LogP contribution in [-0.2, 0) is 4.79 Å². The first-order valence-corrected chi connectivity index (χ1v) is 6.24. The van der Waals surface area contributed by atoms with Crippen molar-refractivity contribution in [2.24, 2.45) is 5.92 Å². The van der Waals surface area contributed by atoms with Gasteiger partial charge in [-0.15, -0.1) is 0 Å². The van der Waals surface area contributed by atoms with Crippen LogP contribution >= 0.6 is 0 Å². The van der Waals surface area contributed by atoms with E-state index in [-0.39, 0.29) is 31.1 Å². The largest absolute Gasteiger partial charge is 0.493 e. The molecule has 0 aliphatic heterocycles. The average molecular weight is 267 g/mol. The molecular formula is C14H21NO4. The zero-order chi connectivity index (χ0) is 14.3. The van der Waals surface area contributed by atoms with Gasteiger partial charge in [0.05, 0.1) is 19.8 Å². The molecule has 1 rings (SSSR count). The van der Waals surface area contributed by atoms with Gasteiger partial charge >= 0.3 is 0 Å². The molecule has 0 saturated heterocycles. The van der Waals surface area contributed by atoms with Gasteiger partial charge in [-0.25, -0.2) is 0 Å². The molecule has 0 radical (unpaired) electrons. The van der Waals surface area contributed by atoms with Crippen LogP contribution in [0.5, 0.6) is 11.5 Å². The number of aliphatic hydroxyl groups is 1. The smallest absolute Gasteiger partial charge is 0.258 e. The molecule has 1 amide bonds. The van der Waals surface area contributed by atoms with Gasteiger partial charge in [-0.05, 0) is 18.1 Å². The molecule has 1 aromatic carbocycles. The van der Waals surface area contributed by atoms with Crippen molar-refractivity contribution in [3.63, 3.8) is 0 Å². The summed E-state index contributed by atoms with van der Waals surface area (Å²) >= 11 is 0. The lowest BCUT2D eigenvalue weighted by atomic mass is 10.1. The molecule has 19 heavy (non-hydrogen) atoms. The van der Waals surface area contributed by atoms with E-state index in [4.69, 9.17) is 14.6 Å². The third kappa shape index (κ3) is 4.79. The molecule has 106 valence electrons. The number of nitrogens with one attached hydrogen (secondary N) is 1. The number of rotatable bonds is 7. The van der Waals surface area contributed by atoms with Crippen LogP contribution in [0.4, 0.5) is 0 Å². The first-order valence-electron chi connectivity index (χ1n) is 6.24. The number of methoxy groups -OCH3 is 1. The summed E-state index contributed by atoms with van der Waals surface area (Å²) in [6.45, 7) is 3.67. The summed E-state index contributed by atoms with van der Waals surface area (Å²) in [7, 11) is 1.54. The normalized spacial score (nSPS) is 12.1. The van der Waals surface area contributed by atoms with Crippen LogP contribution in [0.1, 0.15) is 13.8 Å². The third-order valence-electron chi connectivity index (χ3n) is 2.78. The van der Waals surface area contributed by atoms with Crippen LogP contribution in [-0.4, -0.2) is 37.4 Å².